The van der Waals surface area contributed by atoms with E-state index >= 15 is 0 Å². The van der Waals surface area contributed by atoms with Crippen LogP contribution < -0.4 is 0 Å². The molecule has 0 aromatic heterocycles. The van der Waals surface area contributed by atoms with Gasteiger partial charge in [0.15, 0.2) is 0 Å². The highest BCUT2D eigenvalue weighted by Crippen LogP contribution is 2.54. The maximum atomic E-state index is 13.7. The first-order chi connectivity index (χ1) is 6.10. The zero-order valence-corrected chi connectivity index (χ0v) is 8.15. The van der Waals surface area contributed by atoms with Gasteiger partial charge in [0.2, 0.25) is 0 Å². The molecule has 0 amide bonds. The lowest BCUT2D eigenvalue weighted by molar-refractivity contribution is -0.0188. The first-order valence-electron chi connectivity index (χ1n) is 5.21. The van der Waals surface area contributed by atoms with E-state index in [9.17, 15) is 9.50 Å². The Bertz CT molecular complexity index is 236. The zero-order chi connectivity index (χ0) is 9.53. The van der Waals surface area contributed by atoms with Crippen molar-refractivity contribution < 1.29 is 9.50 Å². The lowest BCUT2D eigenvalue weighted by atomic mass is 9.61. The average molecular weight is 184 g/mol. The quantitative estimate of drug-likeness (QED) is 0.699. The van der Waals surface area contributed by atoms with Crippen LogP contribution in [0, 0.1) is 5.41 Å². The third-order valence-electron chi connectivity index (χ3n) is 3.70. The lowest BCUT2D eigenvalue weighted by Gasteiger charge is -2.47. The summed E-state index contributed by atoms with van der Waals surface area (Å²) in [6.45, 7) is 2.09. The second-order valence-corrected chi connectivity index (χ2v) is 4.63. The van der Waals surface area contributed by atoms with Crippen molar-refractivity contribution in [2.45, 2.75) is 51.0 Å². The Morgan fingerprint density at radius 2 is 2.00 bits per heavy atom. The van der Waals surface area contributed by atoms with Gasteiger partial charge in [0.25, 0.3) is 0 Å². The van der Waals surface area contributed by atoms with Crippen molar-refractivity contribution in [3.63, 3.8) is 0 Å². The van der Waals surface area contributed by atoms with Crippen LogP contribution in [0.25, 0.3) is 0 Å². The van der Waals surface area contributed by atoms with Crippen molar-refractivity contribution in [1.82, 2.24) is 0 Å². The van der Waals surface area contributed by atoms with Crippen LogP contribution in [0.5, 0.6) is 0 Å². The largest absolute Gasteiger partial charge is 0.386 e. The Kier molecular flexibility index (Phi) is 1.99. The van der Waals surface area contributed by atoms with E-state index in [-0.39, 0.29) is 11.2 Å². The minimum Gasteiger partial charge on any atom is -0.386 e. The molecule has 3 aliphatic rings. The van der Waals surface area contributed by atoms with Crippen molar-refractivity contribution in [2.24, 2.45) is 5.41 Å². The summed E-state index contributed by atoms with van der Waals surface area (Å²) in [7, 11) is 0. The van der Waals surface area contributed by atoms with Gasteiger partial charge in [-0.3, -0.25) is 0 Å². The SMILES string of the molecule is CCCC12CCC(O)(C=C1F)CC2. The fourth-order valence-electron chi connectivity index (χ4n) is 2.78. The molecule has 3 rings (SSSR count). The van der Waals surface area contributed by atoms with Crippen LogP contribution in [0.3, 0.4) is 0 Å². The summed E-state index contributed by atoms with van der Waals surface area (Å²) in [4.78, 5) is 0. The molecule has 0 unspecified atom stereocenters. The predicted octanol–water partition coefficient (Wildman–Crippen LogP) is 2.95. The Morgan fingerprint density at radius 3 is 2.46 bits per heavy atom. The summed E-state index contributed by atoms with van der Waals surface area (Å²) >= 11 is 0. The van der Waals surface area contributed by atoms with Crippen molar-refractivity contribution in [1.29, 1.82) is 0 Å². The maximum Gasteiger partial charge on any atom is 0.105 e. The van der Waals surface area contributed by atoms with Crippen molar-refractivity contribution in [2.75, 3.05) is 0 Å². The smallest absolute Gasteiger partial charge is 0.105 e. The number of hydrogen-bond acceptors (Lipinski definition) is 1. The second kappa shape index (κ2) is 2.81. The average Bonchev–Trinajstić information content (AvgIpc) is 2.08. The van der Waals surface area contributed by atoms with Gasteiger partial charge in [-0.1, -0.05) is 13.3 Å². The van der Waals surface area contributed by atoms with Crippen LogP contribution in [0.2, 0.25) is 0 Å². The van der Waals surface area contributed by atoms with Gasteiger partial charge in [-0.05, 0) is 38.2 Å². The molecule has 13 heavy (non-hydrogen) atoms. The molecule has 74 valence electrons. The molecule has 0 aromatic carbocycles. The van der Waals surface area contributed by atoms with Crippen molar-refractivity contribution in [3.05, 3.63) is 11.9 Å². The van der Waals surface area contributed by atoms with E-state index in [4.69, 9.17) is 0 Å². The minimum atomic E-state index is -0.806. The third-order valence-corrected chi connectivity index (χ3v) is 3.70. The number of hydrogen-bond donors (Lipinski definition) is 1. The van der Waals surface area contributed by atoms with Crippen LogP contribution in [0.15, 0.2) is 11.9 Å². The number of rotatable bonds is 2. The molecule has 0 radical (unpaired) electrons. The lowest BCUT2D eigenvalue weighted by Crippen LogP contribution is -2.43. The molecule has 0 aliphatic heterocycles. The van der Waals surface area contributed by atoms with Gasteiger partial charge < -0.3 is 5.11 Å². The van der Waals surface area contributed by atoms with E-state index in [0.29, 0.717) is 0 Å². The van der Waals surface area contributed by atoms with Crippen LogP contribution in [0.4, 0.5) is 4.39 Å². The normalized spacial score (nSPS) is 43.5. The molecule has 0 saturated heterocycles. The summed E-state index contributed by atoms with van der Waals surface area (Å²) in [5.41, 5.74) is -1.00. The molecular formula is C11H17FO. The minimum absolute atomic E-state index is 0.0469. The summed E-state index contributed by atoms with van der Waals surface area (Å²) in [6.07, 6.45) is 6.60. The highest BCUT2D eigenvalue weighted by molar-refractivity contribution is 5.23. The monoisotopic (exact) mass is 184 g/mol. The molecule has 0 aromatic rings. The first kappa shape index (κ1) is 9.20. The number of fused-ring (bicyclic) bond motifs is 2. The van der Waals surface area contributed by atoms with Crippen molar-refractivity contribution >= 4 is 0 Å². The molecule has 1 N–H and O–H groups in total. The van der Waals surface area contributed by atoms with Gasteiger partial charge in [0.05, 0.1) is 5.60 Å². The summed E-state index contributed by atoms with van der Waals surface area (Å²) in [5, 5.41) is 9.85. The van der Waals surface area contributed by atoms with Gasteiger partial charge in [-0.2, -0.15) is 0 Å². The van der Waals surface area contributed by atoms with Gasteiger partial charge >= 0.3 is 0 Å². The fourth-order valence-corrected chi connectivity index (χ4v) is 2.78. The third kappa shape index (κ3) is 1.32. The Balaban J connectivity index is 2.28. The van der Waals surface area contributed by atoms with Crippen LogP contribution in [-0.4, -0.2) is 10.7 Å². The molecule has 0 heterocycles. The van der Waals surface area contributed by atoms with E-state index < -0.39 is 5.60 Å². The van der Waals surface area contributed by atoms with Crippen molar-refractivity contribution in [3.8, 4) is 0 Å². The van der Waals surface area contributed by atoms with E-state index in [2.05, 4.69) is 6.92 Å². The van der Waals surface area contributed by atoms with Gasteiger partial charge in [0, 0.05) is 5.41 Å². The van der Waals surface area contributed by atoms with Crippen LogP contribution in [-0.2, 0) is 0 Å². The van der Waals surface area contributed by atoms with Gasteiger partial charge in [-0.25, -0.2) is 4.39 Å². The predicted molar refractivity (Wildman–Crippen MR) is 49.9 cm³/mol. The highest BCUT2D eigenvalue weighted by atomic mass is 19.1. The maximum absolute atomic E-state index is 13.7. The molecule has 3 aliphatic carbocycles. The summed E-state index contributed by atoms with van der Waals surface area (Å²) < 4.78 is 13.7. The molecule has 0 atom stereocenters. The van der Waals surface area contributed by atoms with E-state index in [1.54, 1.807) is 0 Å². The standard InChI is InChI=1S/C11H17FO/c1-2-3-10-4-6-11(13,7-5-10)8-9(10)12/h8,13H,2-7H2,1H3. The Morgan fingerprint density at radius 1 is 1.38 bits per heavy atom. The Hall–Kier alpha value is -0.370. The second-order valence-electron chi connectivity index (χ2n) is 4.63. The van der Waals surface area contributed by atoms with E-state index in [1.165, 1.54) is 6.08 Å². The van der Waals surface area contributed by atoms with Crippen LogP contribution in [0.1, 0.15) is 45.4 Å². The molecule has 2 heteroatoms. The molecule has 1 fully saturated rings. The topological polar surface area (TPSA) is 20.2 Å². The number of aliphatic hydroxyl groups is 1. The summed E-state index contributed by atoms with van der Waals surface area (Å²) in [6, 6.07) is 0. The number of allylic oxidation sites excluding steroid dienone is 1. The van der Waals surface area contributed by atoms with Crippen LogP contribution >= 0.6 is 0 Å². The van der Waals surface area contributed by atoms with E-state index in [0.717, 1.165) is 38.5 Å². The fraction of sp³-hybridized carbons (Fsp3) is 0.818. The first-order valence-corrected chi connectivity index (χ1v) is 5.21. The summed E-state index contributed by atoms with van der Waals surface area (Å²) in [5.74, 6) is -0.0469. The Labute approximate surface area is 78.6 Å². The van der Waals surface area contributed by atoms with E-state index in [1.807, 2.05) is 0 Å². The molecule has 2 bridgehead atoms. The molecule has 0 spiro atoms. The van der Waals surface area contributed by atoms with Gasteiger partial charge in [0.1, 0.15) is 5.83 Å². The molecule has 1 saturated carbocycles. The highest BCUT2D eigenvalue weighted by Gasteiger charge is 2.48. The molecule has 1 nitrogen and oxygen atoms in total. The molecular weight excluding hydrogens is 167 g/mol. The zero-order valence-electron chi connectivity index (χ0n) is 8.15. The van der Waals surface area contributed by atoms with Gasteiger partial charge in [-0.15, -0.1) is 0 Å². The number of halogens is 1.